The standard InChI is InChI=1S/C25H30N2O5/c1-7-31-20(29)14-27-13-15(8-9-19(27)28)22-21-16(11-24(2,3)26-22)10-18(30-6)23-17(21)12-25(4,5)32-23/h8-10,13H,7,11-12,14H2,1-6H3. The van der Waals surface area contributed by atoms with Gasteiger partial charge in [0.25, 0.3) is 5.56 Å². The van der Waals surface area contributed by atoms with Gasteiger partial charge in [-0.25, -0.2) is 0 Å². The lowest BCUT2D eigenvalue weighted by Crippen LogP contribution is -2.32. The van der Waals surface area contributed by atoms with Crippen LogP contribution in [0.5, 0.6) is 11.5 Å². The number of esters is 1. The summed E-state index contributed by atoms with van der Waals surface area (Å²) in [5.74, 6) is 1.04. The smallest absolute Gasteiger partial charge is 0.326 e. The number of pyridine rings is 1. The van der Waals surface area contributed by atoms with E-state index in [-0.39, 0.29) is 29.9 Å². The first kappa shape index (κ1) is 22.1. The van der Waals surface area contributed by atoms with Crippen molar-refractivity contribution in [3.63, 3.8) is 0 Å². The zero-order valence-corrected chi connectivity index (χ0v) is 19.6. The third-order valence-corrected chi connectivity index (χ3v) is 5.76. The predicted octanol–water partition coefficient (Wildman–Crippen LogP) is 3.31. The van der Waals surface area contributed by atoms with Crippen LogP contribution in [0.25, 0.3) is 0 Å². The number of hydrogen-bond donors (Lipinski definition) is 0. The molecule has 1 aromatic carbocycles. The number of fused-ring (bicyclic) bond motifs is 3. The van der Waals surface area contributed by atoms with Crippen molar-refractivity contribution in [3.8, 4) is 11.5 Å². The molecule has 7 heteroatoms. The molecular weight excluding hydrogens is 408 g/mol. The molecule has 4 rings (SSSR count). The Kier molecular flexibility index (Phi) is 5.39. The Bertz CT molecular complexity index is 1170. The minimum Gasteiger partial charge on any atom is -0.493 e. The van der Waals surface area contributed by atoms with E-state index in [1.165, 1.54) is 10.6 Å². The molecule has 0 fully saturated rings. The van der Waals surface area contributed by atoms with Gasteiger partial charge >= 0.3 is 5.97 Å². The molecule has 0 bridgehead atoms. The maximum absolute atomic E-state index is 12.4. The molecule has 2 aliphatic heterocycles. The number of hydrogen-bond acceptors (Lipinski definition) is 6. The predicted molar refractivity (Wildman–Crippen MR) is 122 cm³/mol. The number of nitrogens with zero attached hydrogens (tertiary/aromatic N) is 2. The second kappa shape index (κ2) is 7.80. The molecule has 2 aromatic rings. The van der Waals surface area contributed by atoms with E-state index < -0.39 is 5.97 Å². The summed E-state index contributed by atoms with van der Waals surface area (Å²) in [6.45, 7) is 10.2. The molecule has 0 amide bonds. The molecule has 0 spiro atoms. The minimum atomic E-state index is -0.446. The van der Waals surface area contributed by atoms with Gasteiger partial charge in [-0.1, -0.05) is 0 Å². The topological polar surface area (TPSA) is 79.1 Å². The molecule has 0 radical (unpaired) electrons. The van der Waals surface area contributed by atoms with E-state index in [1.54, 1.807) is 26.3 Å². The van der Waals surface area contributed by atoms with Crippen molar-refractivity contribution < 1.29 is 19.0 Å². The fourth-order valence-corrected chi connectivity index (χ4v) is 4.57. The Morgan fingerprint density at radius 1 is 1.22 bits per heavy atom. The summed E-state index contributed by atoms with van der Waals surface area (Å²) in [6, 6.07) is 5.29. The number of aliphatic imine (C=N–C) groups is 1. The van der Waals surface area contributed by atoms with Crippen LogP contribution in [-0.4, -0.2) is 41.1 Å². The second-order valence-electron chi connectivity index (χ2n) is 9.60. The molecule has 32 heavy (non-hydrogen) atoms. The van der Waals surface area contributed by atoms with E-state index in [0.717, 1.165) is 52.3 Å². The van der Waals surface area contributed by atoms with Crippen LogP contribution in [0, 0.1) is 0 Å². The van der Waals surface area contributed by atoms with E-state index in [2.05, 4.69) is 27.7 Å². The largest absolute Gasteiger partial charge is 0.493 e. The van der Waals surface area contributed by atoms with E-state index in [4.69, 9.17) is 19.2 Å². The van der Waals surface area contributed by atoms with Crippen LogP contribution >= 0.6 is 0 Å². The van der Waals surface area contributed by atoms with Crippen molar-refractivity contribution >= 4 is 11.7 Å². The SMILES string of the molecule is CCOC(=O)Cn1cc(C2=NC(C)(C)Cc3cc(OC)c4c(c32)CC(C)(C)O4)ccc1=O. The van der Waals surface area contributed by atoms with Crippen molar-refractivity contribution in [2.45, 2.75) is 65.1 Å². The van der Waals surface area contributed by atoms with Crippen LogP contribution in [-0.2, 0) is 28.9 Å². The van der Waals surface area contributed by atoms with E-state index in [1.807, 2.05) is 6.07 Å². The highest BCUT2D eigenvalue weighted by atomic mass is 16.5. The Morgan fingerprint density at radius 3 is 2.66 bits per heavy atom. The molecule has 1 aromatic heterocycles. The Hall–Kier alpha value is -3.09. The lowest BCUT2D eigenvalue weighted by Gasteiger charge is -2.31. The Balaban J connectivity index is 1.89. The lowest BCUT2D eigenvalue weighted by molar-refractivity contribution is -0.143. The fourth-order valence-electron chi connectivity index (χ4n) is 4.57. The van der Waals surface area contributed by atoms with Crippen LogP contribution in [0.4, 0.5) is 0 Å². The van der Waals surface area contributed by atoms with Gasteiger partial charge in [-0.2, -0.15) is 0 Å². The Morgan fingerprint density at radius 2 is 1.97 bits per heavy atom. The monoisotopic (exact) mass is 438 g/mol. The summed E-state index contributed by atoms with van der Waals surface area (Å²) in [5.41, 5.74) is 3.87. The number of benzene rings is 1. The summed E-state index contributed by atoms with van der Waals surface area (Å²) < 4.78 is 18.3. The molecule has 2 aliphatic rings. The molecular formula is C25H30N2O5. The maximum Gasteiger partial charge on any atom is 0.326 e. The van der Waals surface area contributed by atoms with Gasteiger partial charge in [0, 0.05) is 35.4 Å². The highest BCUT2D eigenvalue weighted by Gasteiger charge is 2.39. The minimum absolute atomic E-state index is 0.138. The average molecular weight is 439 g/mol. The van der Waals surface area contributed by atoms with E-state index in [0.29, 0.717) is 0 Å². The van der Waals surface area contributed by atoms with Gasteiger partial charge in [-0.3, -0.25) is 14.6 Å². The first-order chi connectivity index (χ1) is 15.0. The summed E-state index contributed by atoms with van der Waals surface area (Å²) in [6.07, 6.45) is 3.18. The lowest BCUT2D eigenvalue weighted by atomic mass is 9.81. The number of methoxy groups -OCH3 is 1. The van der Waals surface area contributed by atoms with Gasteiger partial charge in [-0.15, -0.1) is 0 Å². The van der Waals surface area contributed by atoms with Crippen molar-refractivity contribution in [2.24, 2.45) is 4.99 Å². The van der Waals surface area contributed by atoms with Gasteiger partial charge < -0.3 is 18.8 Å². The molecule has 0 atom stereocenters. The first-order valence-corrected chi connectivity index (χ1v) is 10.9. The average Bonchev–Trinajstić information content (AvgIpc) is 3.02. The molecule has 0 saturated heterocycles. The number of aromatic nitrogens is 1. The van der Waals surface area contributed by atoms with Crippen LogP contribution in [0.3, 0.4) is 0 Å². The van der Waals surface area contributed by atoms with Crippen molar-refractivity contribution in [1.82, 2.24) is 4.57 Å². The number of carbonyl (C=O) groups excluding carboxylic acids is 1. The van der Waals surface area contributed by atoms with Crippen LogP contribution in [0.1, 0.15) is 56.9 Å². The van der Waals surface area contributed by atoms with E-state index >= 15 is 0 Å². The van der Waals surface area contributed by atoms with Crippen molar-refractivity contribution in [2.75, 3.05) is 13.7 Å². The third-order valence-electron chi connectivity index (χ3n) is 5.76. The molecule has 0 saturated carbocycles. The fraction of sp³-hybridized carbons (Fsp3) is 0.480. The van der Waals surface area contributed by atoms with Crippen LogP contribution in [0.2, 0.25) is 0 Å². The molecule has 7 nitrogen and oxygen atoms in total. The molecule has 0 N–H and O–H groups in total. The summed E-state index contributed by atoms with van der Waals surface area (Å²) in [7, 11) is 1.66. The highest BCUT2D eigenvalue weighted by molar-refractivity contribution is 6.16. The number of carbonyl (C=O) groups is 1. The molecule has 0 unspecified atom stereocenters. The van der Waals surface area contributed by atoms with Gasteiger partial charge in [0.2, 0.25) is 0 Å². The normalized spacial score (nSPS) is 17.6. The first-order valence-electron chi connectivity index (χ1n) is 10.9. The highest BCUT2D eigenvalue weighted by Crippen LogP contribution is 2.47. The van der Waals surface area contributed by atoms with Crippen LogP contribution in [0.15, 0.2) is 34.2 Å². The van der Waals surface area contributed by atoms with Gasteiger partial charge in [0.05, 0.1) is 25.0 Å². The van der Waals surface area contributed by atoms with E-state index in [9.17, 15) is 9.59 Å². The van der Waals surface area contributed by atoms with Crippen molar-refractivity contribution in [1.29, 1.82) is 0 Å². The van der Waals surface area contributed by atoms with Crippen LogP contribution < -0.4 is 15.0 Å². The molecule has 3 heterocycles. The summed E-state index contributed by atoms with van der Waals surface area (Å²) >= 11 is 0. The molecule has 170 valence electrons. The van der Waals surface area contributed by atoms with Crippen molar-refractivity contribution in [3.05, 3.63) is 57.0 Å². The maximum atomic E-state index is 12.4. The van der Waals surface area contributed by atoms with Gasteiger partial charge in [0.1, 0.15) is 12.1 Å². The Labute approximate surface area is 188 Å². The summed E-state index contributed by atoms with van der Waals surface area (Å²) in [4.78, 5) is 29.5. The molecule has 0 aliphatic carbocycles. The third kappa shape index (κ3) is 4.04. The number of ether oxygens (including phenoxy) is 3. The number of rotatable bonds is 5. The van der Waals surface area contributed by atoms with Gasteiger partial charge in [0.15, 0.2) is 11.5 Å². The zero-order chi connectivity index (χ0) is 23.3. The quantitative estimate of drug-likeness (QED) is 0.670. The van der Waals surface area contributed by atoms with Gasteiger partial charge in [-0.05, 0) is 58.7 Å². The second-order valence-corrected chi connectivity index (χ2v) is 9.60. The summed E-state index contributed by atoms with van der Waals surface area (Å²) in [5, 5.41) is 0. The zero-order valence-electron chi connectivity index (χ0n) is 19.6.